The van der Waals surface area contributed by atoms with Crippen LogP contribution >= 0.6 is 0 Å². The fourth-order valence-corrected chi connectivity index (χ4v) is 2.20. The van der Waals surface area contributed by atoms with Crippen molar-refractivity contribution >= 4 is 0 Å². The summed E-state index contributed by atoms with van der Waals surface area (Å²) in [5, 5.41) is 3.73. The minimum Gasteiger partial charge on any atom is -0.314 e. The molecule has 1 fully saturated rings. The quantitative estimate of drug-likeness (QED) is 0.679. The summed E-state index contributed by atoms with van der Waals surface area (Å²) in [6.45, 7) is 8.24. The van der Waals surface area contributed by atoms with Crippen LogP contribution in [0.5, 0.6) is 0 Å². The standard InChI is InChI=1S/C13H27N/c1-4-11(2)10-14-13-7-5-6-12(3)8-9-13/h11-14H,4-10H2,1-3H3. The Kier molecular flexibility index (Phi) is 5.54. The number of nitrogens with one attached hydrogen (secondary N) is 1. The summed E-state index contributed by atoms with van der Waals surface area (Å²) in [7, 11) is 0. The van der Waals surface area contributed by atoms with Gasteiger partial charge in [-0.15, -0.1) is 0 Å². The molecule has 0 radical (unpaired) electrons. The van der Waals surface area contributed by atoms with E-state index in [1.54, 1.807) is 0 Å². The van der Waals surface area contributed by atoms with Gasteiger partial charge in [-0.25, -0.2) is 0 Å². The van der Waals surface area contributed by atoms with Gasteiger partial charge in [0.2, 0.25) is 0 Å². The summed E-state index contributed by atoms with van der Waals surface area (Å²) in [5.74, 6) is 1.81. The molecule has 0 aromatic rings. The molecule has 14 heavy (non-hydrogen) atoms. The third-order valence-corrected chi connectivity index (χ3v) is 3.71. The molecule has 0 aliphatic heterocycles. The number of rotatable bonds is 4. The third-order valence-electron chi connectivity index (χ3n) is 3.71. The smallest absolute Gasteiger partial charge is 0.00672 e. The first-order chi connectivity index (χ1) is 6.72. The molecule has 1 aliphatic rings. The lowest BCUT2D eigenvalue weighted by molar-refractivity contribution is 0.403. The van der Waals surface area contributed by atoms with Crippen LogP contribution in [0.1, 0.15) is 59.3 Å². The zero-order chi connectivity index (χ0) is 10.4. The number of hydrogen-bond donors (Lipinski definition) is 1. The molecule has 1 rings (SSSR count). The van der Waals surface area contributed by atoms with Crippen molar-refractivity contribution in [2.45, 2.75) is 65.3 Å². The van der Waals surface area contributed by atoms with Crippen LogP contribution in [0.2, 0.25) is 0 Å². The van der Waals surface area contributed by atoms with E-state index in [9.17, 15) is 0 Å². The van der Waals surface area contributed by atoms with Crippen LogP contribution in [0, 0.1) is 11.8 Å². The SMILES string of the molecule is CCC(C)CNC1CCCC(C)CC1. The highest BCUT2D eigenvalue weighted by Gasteiger charge is 2.15. The minimum absolute atomic E-state index is 0.814. The van der Waals surface area contributed by atoms with E-state index in [-0.39, 0.29) is 0 Å². The van der Waals surface area contributed by atoms with Crippen LogP contribution in [0.15, 0.2) is 0 Å². The molecule has 1 N–H and O–H groups in total. The second kappa shape index (κ2) is 6.44. The lowest BCUT2D eigenvalue weighted by atomic mass is 10.0. The van der Waals surface area contributed by atoms with Crippen LogP contribution in [0.3, 0.4) is 0 Å². The van der Waals surface area contributed by atoms with Gasteiger partial charge in [0.05, 0.1) is 0 Å². The Morgan fingerprint density at radius 2 is 2.00 bits per heavy atom. The summed E-state index contributed by atoms with van der Waals surface area (Å²) in [6.07, 6.45) is 8.41. The van der Waals surface area contributed by atoms with E-state index >= 15 is 0 Å². The van der Waals surface area contributed by atoms with Gasteiger partial charge in [0.1, 0.15) is 0 Å². The predicted molar refractivity (Wildman–Crippen MR) is 63.5 cm³/mol. The molecule has 0 bridgehead atoms. The van der Waals surface area contributed by atoms with Crippen molar-refractivity contribution in [2.75, 3.05) is 6.54 Å². The van der Waals surface area contributed by atoms with E-state index in [1.165, 1.54) is 45.1 Å². The van der Waals surface area contributed by atoms with Crippen molar-refractivity contribution in [3.63, 3.8) is 0 Å². The Balaban J connectivity index is 2.17. The van der Waals surface area contributed by atoms with Crippen LogP contribution < -0.4 is 5.32 Å². The highest BCUT2D eigenvalue weighted by molar-refractivity contribution is 4.73. The van der Waals surface area contributed by atoms with Crippen molar-refractivity contribution in [1.29, 1.82) is 0 Å². The predicted octanol–water partition coefficient (Wildman–Crippen LogP) is 3.59. The van der Waals surface area contributed by atoms with Crippen molar-refractivity contribution < 1.29 is 0 Å². The van der Waals surface area contributed by atoms with E-state index in [0.29, 0.717) is 0 Å². The Hall–Kier alpha value is -0.0400. The average Bonchev–Trinajstić information content (AvgIpc) is 2.39. The maximum Gasteiger partial charge on any atom is 0.00672 e. The Morgan fingerprint density at radius 1 is 1.21 bits per heavy atom. The summed E-state index contributed by atoms with van der Waals surface area (Å²) in [5.41, 5.74) is 0. The van der Waals surface area contributed by atoms with Gasteiger partial charge in [-0.05, 0) is 37.6 Å². The van der Waals surface area contributed by atoms with E-state index in [2.05, 4.69) is 26.1 Å². The highest BCUT2D eigenvalue weighted by Crippen LogP contribution is 2.22. The molecule has 0 spiro atoms. The lowest BCUT2D eigenvalue weighted by Crippen LogP contribution is -2.32. The largest absolute Gasteiger partial charge is 0.314 e. The van der Waals surface area contributed by atoms with Gasteiger partial charge >= 0.3 is 0 Å². The fraction of sp³-hybridized carbons (Fsp3) is 1.00. The molecule has 1 nitrogen and oxygen atoms in total. The molecule has 0 amide bonds. The third kappa shape index (κ3) is 4.45. The van der Waals surface area contributed by atoms with Gasteiger partial charge in [0, 0.05) is 6.04 Å². The van der Waals surface area contributed by atoms with Crippen molar-refractivity contribution in [3.8, 4) is 0 Å². The summed E-state index contributed by atoms with van der Waals surface area (Å²) in [4.78, 5) is 0. The second-order valence-corrected chi connectivity index (χ2v) is 5.23. The lowest BCUT2D eigenvalue weighted by Gasteiger charge is -2.18. The summed E-state index contributed by atoms with van der Waals surface area (Å²) >= 11 is 0. The van der Waals surface area contributed by atoms with E-state index < -0.39 is 0 Å². The molecule has 3 atom stereocenters. The second-order valence-electron chi connectivity index (χ2n) is 5.23. The molecule has 3 unspecified atom stereocenters. The fourth-order valence-electron chi connectivity index (χ4n) is 2.20. The van der Waals surface area contributed by atoms with Crippen molar-refractivity contribution in [2.24, 2.45) is 11.8 Å². The molecule has 84 valence electrons. The van der Waals surface area contributed by atoms with Crippen LogP contribution in [-0.2, 0) is 0 Å². The molecular weight excluding hydrogens is 170 g/mol. The molecule has 1 heteroatoms. The van der Waals surface area contributed by atoms with Crippen molar-refractivity contribution in [1.82, 2.24) is 5.32 Å². The van der Waals surface area contributed by atoms with Crippen LogP contribution in [0.4, 0.5) is 0 Å². The van der Waals surface area contributed by atoms with Gasteiger partial charge in [-0.2, -0.15) is 0 Å². The molecule has 0 aromatic heterocycles. The van der Waals surface area contributed by atoms with Gasteiger partial charge < -0.3 is 5.32 Å². The number of hydrogen-bond acceptors (Lipinski definition) is 1. The first-order valence-corrected chi connectivity index (χ1v) is 6.45. The van der Waals surface area contributed by atoms with Gasteiger partial charge in [0.25, 0.3) is 0 Å². The van der Waals surface area contributed by atoms with E-state index in [4.69, 9.17) is 0 Å². The van der Waals surface area contributed by atoms with Gasteiger partial charge in [-0.1, -0.05) is 40.0 Å². The zero-order valence-corrected chi connectivity index (χ0v) is 10.2. The average molecular weight is 197 g/mol. The molecular formula is C13H27N. The topological polar surface area (TPSA) is 12.0 Å². The monoisotopic (exact) mass is 197 g/mol. The Morgan fingerprint density at radius 3 is 2.71 bits per heavy atom. The zero-order valence-electron chi connectivity index (χ0n) is 10.2. The maximum atomic E-state index is 3.73. The summed E-state index contributed by atoms with van der Waals surface area (Å²) < 4.78 is 0. The van der Waals surface area contributed by atoms with E-state index in [1.807, 2.05) is 0 Å². The van der Waals surface area contributed by atoms with E-state index in [0.717, 1.165) is 17.9 Å². The molecule has 1 aliphatic carbocycles. The van der Waals surface area contributed by atoms with Gasteiger partial charge in [-0.3, -0.25) is 0 Å². The normalized spacial score (nSPS) is 31.1. The highest BCUT2D eigenvalue weighted by atomic mass is 14.9. The molecule has 0 saturated heterocycles. The maximum absolute atomic E-state index is 3.73. The Labute approximate surface area is 89.7 Å². The van der Waals surface area contributed by atoms with Crippen LogP contribution in [-0.4, -0.2) is 12.6 Å². The van der Waals surface area contributed by atoms with Crippen molar-refractivity contribution in [3.05, 3.63) is 0 Å². The van der Waals surface area contributed by atoms with Gasteiger partial charge in [0.15, 0.2) is 0 Å². The first kappa shape index (κ1) is 12.0. The molecule has 0 heterocycles. The van der Waals surface area contributed by atoms with Crippen LogP contribution in [0.25, 0.3) is 0 Å². The summed E-state index contributed by atoms with van der Waals surface area (Å²) in [6, 6.07) is 0.814. The Bertz CT molecular complexity index is 144. The first-order valence-electron chi connectivity index (χ1n) is 6.45. The molecule has 0 aromatic carbocycles. The molecule has 1 saturated carbocycles. The minimum atomic E-state index is 0.814.